The minimum absolute atomic E-state index is 0.281. The van der Waals surface area contributed by atoms with Gasteiger partial charge in [-0.15, -0.1) is 0 Å². The Morgan fingerprint density at radius 3 is 2.04 bits per heavy atom. The Labute approximate surface area is 134 Å². The molecule has 0 aromatic carbocycles. The van der Waals surface area contributed by atoms with Crippen molar-refractivity contribution in [2.45, 2.75) is 13.8 Å². The van der Waals surface area contributed by atoms with E-state index in [9.17, 15) is 0 Å². The van der Waals surface area contributed by atoms with Crippen LogP contribution in [0.2, 0.25) is 0 Å². The molecule has 3 aromatic rings. The fourth-order valence-corrected chi connectivity index (χ4v) is 1.97. The summed E-state index contributed by atoms with van der Waals surface area (Å²) < 4.78 is 11.6. The molecule has 0 unspecified atom stereocenters. The third kappa shape index (κ3) is 3.37. The van der Waals surface area contributed by atoms with Gasteiger partial charge in [0.2, 0.25) is 0 Å². The average molecular weight is 308 g/mol. The van der Waals surface area contributed by atoms with E-state index >= 15 is 0 Å². The molecule has 0 fully saturated rings. The van der Waals surface area contributed by atoms with Gasteiger partial charge in [-0.25, -0.2) is 4.98 Å². The number of aromatic nitrogens is 3. The number of nitrogen functional groups attached to an aromatic ring is 1. The van der Waals surface area contributed by atoms with Crippen molar-refractivity contribution < 1.29 is 9.47 Å². The van der Waals surface area contributed by atoms with Crippen molar-refractivity contribution in [1.82, 2.24) is 15.0 Å². The number of pyridine rings is 3. The zero-order valence-corrected chi connectivity index (χ0v) is 12.9. The van der Waals surface area contributed by atoms with E-state index in [0.29, 0.717) is 23.0 Å². The monoisotopic (exact) mass is 308 g/mol. The Morgan fingerprint density at radius 2 is 1.43 bits per heavy atom. The first kappa shape index (κ1) is 14.8. The second-order valence-electron chi connectivity index (χ2n) is 4.93. The molecule has 0 aliphatic carbocycles. The Bertz CT molecular complexity index is 836. The van der Waals surface area contributed by atoms with E-state index in [1.54, 1.807) is 30.7 Å². The second kappa shape index (κ2) is 6.31. The first-order valence-corrected chi connectivity index (χ1v) is 7.08. The third-order valence-corrected chi connectivity index (χ3v) is 3.22. The molecule has 0 atom stereocenters. The number of ether oxygens (including phenoxy) is 2. The summed E-state index contributed by atoms with van der Waals surface area (Å²) in [6.45, 7) is 3.73. The van der Waals surface area contributed by atoms with Crippen LogP contribution in [0.25, 0.3) is 0 Å². The topological polar surface area (TPSA) is 83.2 Å². The summed E-state index contributed by atoms with van der Waals surface area (Å²) in [6.07, 6.45) is 4.96. The summed E-state index contributed by atoms with van der Waals surface area (Å²) in [5.41, 5.74) is 7.44. The number of hydrogen-bond donors (Lipinski definition) is 1. The standard InChI is InChI=1S/C17H16N4O2/c1-11-14(5-3-7-19-11)22-13-9-16(17(18)21-10-13)23-15-6-4-8-20-12(15)2/h3-10H,1-2H3,(H2,18,21). The zero-order valence-electron chi connectivity index (χ0n) is 12.9. The molecule has 0 saturated carbocycles. The number of anilines is 1. The van der Waals surface area contributed by atoms with Crippen LogP contribution in [0.4, 0.5) is 5.82 Å². The molecule has 0 saturated heterocycles. The smallest absolute Gasteiger partial charge is 0.173 e. The van der Waals surface area contributed by atoms with Gasteiger partial charge in [-0.3, -0.25) is 9.97 Å². The Balaban J connectivity index is 1.88. The summed E-state index contributed by atoms with van der Waals surface area (Å²) in [4.78, 5) is 12.5. The van der Waals surface area contributed by atoms with E-state index < -0.39 is 0 Å². The van der Waals surface area contributed by atoms with E-state index in [-0.39, 0.29) is 5.82 Å². The summed E-state index contributed by atoms with van der Waals surface area (Å²) in [7, 11) is 0. The van der Waals surface area contributed by atoms with Crippen molar-refractivity contribution in [1.29, 1.82) is 0 Å². The SMILES string of the molecule is Cc1ncccc1Oc1cnc(N)c(Oc2cccnc2C)c1. The van der Waals surface area contributed by atoms with Crippen molar-refractivity contribution in [3.8, 4) is 23.0 Å². The average Bonchev–Trinajstić information content (AvgIpc) is 2.55. The predicted octanol–water partition coefficient (Wildman–Crippen LogP) is 3.66. The Hall–Kier alpha value is -3.15. The molecule has 0 aliphatic rings. The largest absolute Gasteiger partial charge is 0.454 e. The van der Waals surface area contributed by atoms with Gasteiger partial charge in [-0.2, -0.15) is 0 Å². The van der Waals surface area contributed by atoms with Crippen LogP contribution in [0, 0.1) is 13.8 Å². The van der Waals surface area contributed by atoms with Crippen LogP contribution in [0.3, 0.4) is 0 Å². The highest BCUT2D eigenvalue weighted by Crippen LogP contribution is 2.32. The third-order valence-electron chi connectivity index (χ3n) is 3.22. The molecule has 0 spiro atoms. The molecule has 0 aliphatic heterocycles. The molecule has 6 heteroatoms. The molecule has 0 amide bonds. The number of rotatable bonds is 4. The zero-order chi connectivity index (χ0) is 16.2. The van der Waals surface area contributed by atoms with E-state index in [4.69, 9.17) is 15.2 Å². The van der Waals surface area contributed by atoms with Crippen LogP contribution in [-0.2, 0) is 0 Å². The quantitative estimate of drug-likeness (QED) is 0.792. The van der Waals surface area contributed by atoms with Gasteiger partial charge in [0.05, 0.1) is 17.6 Å². The molecular formula is C17H16N4O2. The van der Waals surface area contributed by atoms with Gasteiger partial charge in [-0.1, -0.05) is 0 Å². The molecule has 0 radical (unpaired) electrons. The lowest BCUT2D eigenvalue weighted by Gasteiger charge is -2.12. The molecule has 23 heavy (non-hydrogen) atoms. The van der Waals surface area contributed by atoms with Crippen molar-refractivity contribution in [2.24, 2.45) is 0 Å². The Morgan fingerprint density at radius 1 is 0.826 bits per heavy atom. The molecule has 3 aromatic heterocycles. The summed E-state index contributed by atoms with van der Waals surface area (Å²) >= 11 is 0. The van der Waals surface area contributed by atoms with E-state index in [1.807, 2.05) is 32.0 Å². The maximum absolute atomic E-state index is 5.89. The van der Waals surface area contributed by atoms with Crippen molar-refractivity contribution >= 4 is 5.82 Å². The van der Waals surface area contributed by atoms with Crippen LogP contribution in [0.15, 0.2) is 48.9 Å². The van der Waals surface area contributed by atoms with Crippen molar-refractivity contribution in [2.75, 3.05) is 5.73 Å². The molecule has 116 valence electrons. The van der Waals surface area contributed by atoms with E-state index in [0.717, 1.165) is 11.4 Å². The highest BCUT2D eigenvalue weighted by molar-refractivity contribution is 5.52. The van der Waals surface area contributed by atoms with Crippen LogP contribution in [-0.4, -0.2) is 15.0 Å². The molecular weight excluding hydrogens is 292 g/mol. The van der Waals surface area contributed by atoms with E-state index in [1.165, 1.54) is 0 Å². The number of nitrogens with two attached hydrogens (primary N) is 1. The minimum atomic E-state index is 0.281. The molecule has 3 heterocycles. The lowest BCUT2D eigenvalue weighted by molar-refractivity contribution is 0.452. The fourth-order valence-electron chi connectivity index (χ4n) is 1.97. The molecule has 2 N–H and O–H groups in total. The van der Waals surface area contributed by atoms with Crippen LogP contribution in [0.1, 0.15) is 11.4 Å². The van der Waals surface area contributed by atoms with E-state index in [2.05, 4.69) is 15.0 Å². The summed E-state index contributed by atoms with van der Waals surface area (Å²) in [6, 6.07) is 8.96. The van der Waals surface area contributed by atoms with Gasteiger partial charge in [0.25, 0.3) is 0 Å². The molecule has 6 nitrogen and oxygen atoms in total. The predicted molar refractivity (Wildman–Crippen MR) is 86.7 cm³/mol. The first-order valence-electron chi connectivity index (χ1n) is 7.08. The van der Waals surface area contributed by atoms with Crippen molar-refractivity contribution in [3.63, 3.8) is 0 Å². The lowest BCUT2D eigenvalue weighted by atomic mass is 10.3. The van der Waals surface area contributed by atoms with Crippen LogP contribution >= 0.6 is 0 Å². The molecule has 0 bridgehead atoms. The fraction of sp³-hybridized carbons (Fsp3) is 0.118. The number of nitrogens with zero attached hydrogens (tertiary/aromatic N) is 3. The summed E-state index contributed by atoms with van der Waals surface area (Å²) in [5.74, 6) is 2.49. The first-order chi connectivity index (χ1) is 11.1. The van der Waals surface area contributed by atoms with Gasteiger partial charge in [-0.05, 0) is 38.1 Å². The van der Waals surface area contributed by atoms with Gasteiger partial charge >= 0.3 is 0 Å². The Kier molecular flexibility index (Phi) is 4.05. The summed E-state index contributed by atoms with van der Waals surface area (Å²) in [5, 5.41) is 0. The number of aryl methyl sites for hydroxylation is 2. The molecule has 3 rings (SSSR count). The van der Waals surface area contributed by atoms with Gasteiger partial charge in [0.15, 0.2) is 11.6 Å². The van der Waals surface area contributed by atoms with Crippen LogP contribution < -0.4 is 15.2 Å². The van der Waals surface area contributed by atoms with Gasteiger partial charge in [0.1, 0.15) is 17.2 Å². The maximum Gasteiger partial charge on any atom is 0.173 e. The van der Waals surface area contributed by atoms with Crippen LogP contribution in [0.5, 0.6) is 23.0 Å². The van der Waals surface area contributed by atoms with Gasteiger partial charge in [0, 0.05) is 18.5 Å². The lowest BCUT2D eigenvalue weighted by Crippen LogP contribution is -1.98. The normalized spacial score (nSPS) is 10.3. The number of hydrogen-bond acceptors (Lipinski definition) is 6. The van der Waals surface area contributed by atoms with Crippen molar-refractivity contribution in [3.05, 3.63) is 60.3 Å². The highest BCUT2D eigenvalue weighted by atomic mass is 16.5. The minimum Gasteiger partial charge on any atom is -0.454 e. The highest BCUT2D eigenvalue weighted by Gasteiger charge is 2.10. The second-order valence-corrected chi connectivity index (χ2v) is 4.93. The maximum atomic E-state index is 5.89. The van der Waals surface area contributed by atoms with Gasteiger partial charge < -0.3 is 15.2 Å².